The largest absolute Gasteiger partial charge is 0.496 e. The Hall–Kier alpha value is -1.61. The van der Waals surface area contributed by atoms with E-state index in [1.807, 2.05) is 0 Å². The quantitative estimate of drug-likeness (QED) is 0.790. The van der Waals surface area contributed by atoms with Gasteiger partial charge < -0.3 is 10.1 Å². The lowest BCUT2D eigenvalue weighted by Crippen LogP contribution is -2.09. The minimum Gasteiger partial charge on any atom is -0.496 e. The fraction of sp³-hybridized carbons (Fsp3) is 0.294. The van der Waals surface area contributed by atoms with Gasteiger partial charge in [0.1, 0.15) is 5.75 Å². The van der Waals surface area contributed by atoms with Gasteiger partial charge in [-0.3, -0.25) is 0 Å². The van der Waals surface area contributed by atoms with Crippen molar-refractivity contribution in [1.29, 1.82) is 0 Å². The molecule has 106 valence electrons. The van der Waals surface area contributed by atoms with Crippen LogP contribution in [0.25, 0.3) is 0 Å². The van der Waals surface area contributed by atoms with Crippen molar-refractivity contribution in [2.24, 2.45) is 0 Å². The molecule has 3 heteroatoms. The first-order valence-electron chi connectivity index (χ1n) is 6.69. The van der Waals surface area contributed by atoms with E-state index < -0.39 is 0 Å². The van der Waals surface area contributed by atoms with Gasteiger partial charge in [-0.15, -0.1) is 11.8 Å². The number of aryl methyl sites for hydroxylation is 1. The molecule has 0 radical (unpaired) electrons. The summed E-state index contributed by atoms with van der Waals surface area (Å²) in [7, 11) is 1.72. The van der Waals surface area contributed by atoms with E-state index in [0.717, 1.165) is 11.4 Å². The lowest BCUT2D eigenvalue weighted by Gasteiger charge is -2.20. The minimum absolute atomic E-state index is 0.193. The summed E-state index contributed by atoms with van der Waals surface area (Å²) in [4.78, 5) is 1.26. The topological polar surface area (TPSA) is 21.3 Å². The Bertz CT molecular complexity index is 583. The third kappa shape index (κ3) is 3.28. The summed E-state index contributed by atoms with van der Waals surface area (Å²) < 4.78 is 5.50. The number of anilines is 1. The average Bonchev–Trinajstić information content (AvgIpc) is 2.47. The first-order chi connectivity index (χ1) is 9.65. The SMILES string of the molecule is COc1cc(C)ccc1C(C)Nc1ccccc1SC. The molecule has 0 aliphatic heterocycles. The van der Waals surface area contributed by atoms with Gasteiger partial charge >= 0.3 is 0 Å². The number of hydrogen-bond donors (Lipinski definition) is 1. The van der Waals surface area contributed by atoms with E-state index >= 15 is 0 Å². The van der Waals surface area contributed by atoms with E-state index in [-0.39, 0.29) is 6.04 Å². The number of nitrogens with one attached hydrogen (secondary N) is 1. The van der Waals surface area contributed by atoms with Crippen molar-refractivity contribution in [3.63, 3.8) is 0 Å². The zero-order valence-electron chi connectivity index (χ0n) is 12.4. The molecule has 20 heavy (non-hydrogen) atoms. The molecule has 2 aromatic carbocycles. The number of benzene rings is 2. The van der Waals surface area contributed by atoms with Gasteiger partial charge in [-0.2, -0.15) is 0 Å². The predicted molar refractivity (Wildman–Crippen MR) is 88.0 cm³/mol. The molecule has 0 saturated heterocycles. The standard InChI is InChI=1S/C17H21NOS/c1-12-9-10-14(16(11-12)19-3)13(2)18-15-7-5-6-8-17(15)20-4/h5-11,13,18H,1-4H3. The van der Waals surface area contributed by atoms with Crippen LogP contribution < -0.4 is 10.1 Å². The highest BCUT2D eigenvalue weighted by Crippen LogP contribution is 2.32. The summed E-state index contributed by atoms with van der Waals surface area (Å²) in [5, 5.41) is 3.57. The summed E-state index contributed by atoms with van der Waals surface area (Å²) in [6.07, 6.45) is 2.09. The number of para-hydroxylation sites is 1. The molecule has 0 spiro atoms. The van der Waals surface area contributed by atoms with Crippen LogP contribution in [0.3, 0.4) is 0 Å². The van der Waals surface area contributed by atoms with Crippen molar-refractivity contribution in [3.8, 4) is 5.75 Å². The molecule has 1 N–H and O–H groups in total. The molecule has 1 atom stereocenters. The highest BCUT2D eigenvalue weighted by atomic mass is 32.2. The highest BCUT2D eigenvalue weighted by molar-refractivity contribution is 7.98. The lowest BCUT2D eigenvalue weighted by molar-refractivity contribution is 0.407. The molecule has 0 amide bonds. The third-order valence-electron chi connectivity index (χ3n) is 3.33. The molecule has 2 aromatic rings. The van der Waals surface area contributed by atoms with Gasteiger partial charge in [0.2, 0.25) is 0 Å². The maximum absolute atomic E-state index is 5.50. The molecule has 0 heterocycles. The molecular formula is C17H21NOS. The van der Waals surface area contributed by atoms with E-state index in [0.29, 0.717) is 0 Å². The van der Waals surface area contributed by atoms with Crippen LogP contribution in [0.4, 0.5) is 5.69 Å². The van der Waals surface area contributed by atoms with Crippen molar-refractivity contribution in [3.05, 3.63) is 53.6 Å². The first-order valence-corrected chi connectivity index (χ1v) is 7.92. The van der Waals surface area contributed by atoms with Crippen molar-refractivity contribution in [2.75, 3.05) is 18.7 Å². The summed E-state index contributed by atoms with van der Waals surface area (Å²) in [6.45, 7) is 4.23. The fourth-order valence-electron chi connectivity index (χ4n) is 2.25. The van der Waals surface area contributed by atoms with Crippen molar-refractivity contribution >= 4 is 17.4 Å². The van der Waals surface area contributed by atoms with E-state index in [9.17, 15) is 0 Å². The van der Waals surface area contributed by atoms with Crippen LogP contribution in [0.1, 0.15) is 24.1 Å². The number of methoxy groups -OCH3 is 1. The zero-order valence-corrected chi connectivity index (χ0v) is 13.3. The predicted octanol–water partition coefficient (Wildman–Crippen LogP) is 4.90. The van der Waals surface area contributed by atoms with Gasteiger partial charge in [0, 0.05) is 16.1 Å². The first kappa shape index (κ1) is 14.8. The highest BCUT2D eigenvalue weighted by Gasteiger charge is 2.12. The van der Waals surface area contributed by atoms with E-state index in [1.165, 1.54) is 16.0 Å². The Balaban J connectivity index is 2.26. The Kier molecular flexibility index (Phi) is 4.96. The Morgan fingerprint density at radius 2 is 1.90 bits per heavy atom. The maximum Gasteiger partial charge on any atom is 0.124 e. The van der Waals surface area contributed by atoms with Crippen molar-refractivity contribution in [1.82, 2.24) is 0 Å². The molecular weight excluding hydrogens is 266 g/mol. The summed E-state index contributed by atoms with van der Waals surface area (Å²) in [5.41, 5.74) is 3.55. The summed E-state index contributed by atoms with van der Waals surface area (Å²) in [6, 6.07) is 14.9. The monoisotopic (exact) mass is 287 g/mol. The van der Waals surface area contributed by atoms with Crippen molar-refractivity contribution < 1.29 is 4.74 Å². The Labute approximate surface area is 125 Å². The van der Waals surface area contributed by atoms with E-state index in [1.54, 1.807) is 18.9 Å². The van der Waals surface area contributed by atoms with Crippen LogP contribution in [-0.2, 0) is 0 Å². The normalized spacial score (nSPS) is 12.0. The fourth-order valence-corrected chi connectivity index (χ4v) is 2.81. The molecule has 0 bridgehead atoms. The lowest BCUT2D eigenvalue weighted by atomic mass is 10.0. The Morgan fingerprint density at radius 3 is 2.60 bits per heavy atom. The van der Waals surface area contributed by atoms with Crippen LogP contribution in [0.5, 0.6) is 5.75 Å². The molecule has 0 aliphatic carbocycles. The second-order valence-electron chi connectivity index (χ2n) is 4.81. The van der Waals surface area contributed by atoms with Crippen LogP contribution >= 0.6 is 11.8 Å². The summed E-state index contributed by atoms with van der Waals surface area (Å²) in [5.74, 6) is 0.937. The van der Waals surface area contributed by atoms with Crippen molar-refractivity contribution in [2.45, 2.75) is 24.8 Å². The molecule has 0 aliphatic rings. The molecule has 1 unspecified atom stereocenters. The second kappa shape index (κ2) is 6.71. The average molecular weight is 287 g/mol. The summed E-state index contributed by atoms with van der Waals surface area (Å²) >= 11 is 1.75. The van der Waals surface area contributed by atoms with Crippen LogP contribution in [0.2, 0.25) is 0 Å². The molecule has 0 saturated carbocycles. The van der Waals surface area contributed by atoms with Crippen LogP contribution in [0.15, 0.2) is 47.4 Å². The number of hydrogen-bond acceptors (Lipinski definition) is 3. The molecule has 2 nitrogen and oxygen atoms in total. The van der Waals surface area contributed by atoms with Gasteiger partial charge in [0.05, 0.1) is 13.2 Å². The maximum atomic E-state index is 5.50. The van der Waals surface area contributed by atoms with Gasteiger partial charge in [-0.05, 0) is 43.9 Å². The zero-order chi connectivity index (χ0) is 14.5. The van der Waals surface area contributed by atoms with Crippen LogP contribution in [-0.4, -0.2) is 13.4 Å². The van der Waals surface area contributed by atoms with Gasteiger partial charge in [-0.25, -0.2) is 0 Å². The minimum atomic E-state index is 0.193. The number of thioether (sulfide) groups is 1. The van der Waals surface area contributed by atoms with E-state index in [4.69, 9.17) is 4.74 Å². The second-order valence-corrected chi connectivity index (χ2v) is 5.66. The van der Waals surface area contributed by atoms with Gasteiger partial charge in [-0.1, -0.05) is 24.3 Å². The molecule has 2 rings (SSSR count). The van der Waals surface area contributed by atoms with Gasteiger partial charge in [0.15, 0.2) is 0 Å². The molecule has 0 fully saturated rings. The molecule has 0 aromatic heterocycles. The van der Waals surface area contributed by atoms with Crippen LogP contribution in [0, 0.1) is 6.92 Å². The Morgan fingerprint density at radius 1 is 1.15 bits per heavy atom. The van der Waals surface area contributed by atoms with E-state index in [2.05, 4.69) is 67.9 Å². The van der Waals surface area contributed by atoms with Gasteiger partial charge in [0.25, 0.3) is 0 Å². The smallest absolute Gasteiger partial charge is 0.124 e. The third-order valence-corrected chi connectivity index (χ3v) is 4.13. The number of rotatable bonds is 5. The number of ether oxygens (including phenoxy) is 1.